The number of methoxy groups -OCH3 is 1. The van der Waals surface area contributed by atoms with Crippen LogP contribution in [0.4, 0.5) is 10.5 Å². The number of carbonyl (C=O) groups is 2. The number of carbonyl (C=O) groups excluding carboxylic acids is 1. The Morgan fingerprint density at radius 2 is 1.68 bits per heavy atom. The molecule has 0 fully saturated rings. The van der Waals surface area contributed by atoms with Crippen molar-refractivity contribution in [3.8, 4) is 11.3 Å². The van der Waals surface area contributed by atoms with Crippen molar-refractivity contribution in [1.82, 2.24) is 4.98 Å². The minimum Gasteiger partial charge on any atom is -0.478 e. The molecule has 0 spiro atoms. The number of carboxylic acids is 1. The van der Waals surface area contributed by atoms with Crippen LogP contribution in [0.25, 0.3) is 22.0 Å². The molecule has 0 radical (unpaired) electrons. The van der Waals surface area contributed by atoms with E-state index >= 15 is 0 Å². The molecule has 25 heavy (non-hydrogen) atoms. The second kappa shape index (κ2) is 6.48. The zero-order chi connectivity index (χ0) is 18.0. The fraction of sp³-hybridized carbons (Fsp3) is 0.0556. The molecular weight excluding hydrogens is 324 g/mol. The number of amides is 1. The van der Waals surface area contributed by atoms with Gasteiger partial charge in [-0.15, -0.1) is 0 Å². The molecule has 0 unspecified atom stereocenters. The molecule has 1 heterocycles. The SMILES string of the molecule is COC(=O)Nc1ccccc1-c1[nH]c(=O)c2ccccc2c1C(=O)O. The molecule has 0 aliphatic rings. The van der Waals surface area contributed by atoms with Gasteiger partial charge in [-0.25, -0.2) is 9.59 Å². The van der Waals surface area contributed by atoms with Crippen molar-refractivity contribution in [2.45, 2.75) is 0 Å². The molecule has 0 aliphatic heterocycles. The lowest BCUT2D eigenvalue weighted by Crippen LogP contribution is -2.16. The zero-order valence-corrected chi connectivity index (χ0v) is 13.2. The summed E-state index contributed by atoms with van der Waals surface area (Å²) in [5.74, 6) is -1.18. The summed E-state index contributed by atoms with van der Waals surface area (Å²) in [5.41, 5.74) is 0.344. The number of aromatic carboxylic acids is 1. The summed E-state index contributed by atoms with van der Waals surface area (Å²) in [6.45, 7) is 0. The molecule has 0 bridgehead atoms. The van der Waals surface area contributed by atoms with Crippen molar-refractivity contribution >= 4 is 28.5 Å². The van der Waals surface area contributed by atoms with Gasteiger partial charge in [0.15, 0.2) is 0 Å². The maximum Gasteiger partial charge on any atom is 0.411 e. The third-order valence-corrected chi connectivity index (χ3v) is 3.76. The van der Waals surface area contributed by atoms with Crippen molar-refractivity contribution in [2.75, 3.05) is 12.4 Å². The van der Waals surface area contributed by atoms with Crippen LogP contribution in [0, 0.1) is 0 Å². The third-order valence-electron chi connectivity index (χ3n) is 3.76. The summed E-state index contributed by atoms with van der Waals surface area (Å²) in [6, 6.07) is 13.0. The van der Waals surface area contributed by atoms with Crippen LogP contribution < -0.4 is 10.9 Å². The molecule has 1 amide bonds. The largest absolute Gasteiger partial charge is 0.478 e. The molecule has 0 saturated carbocycles. The second-order valence-corrected chi connectivity index (χ2v) is 5.22. The summed E-state index contributed by atoms with van der Waals surface area (Å²) in [7, 11) is 1.22. The highest BCUT2D eigenvalue weighted by molar-refractivity contribution is 6.09. The first-order valence-corrected chi connectivity index (χ1v) is 7.35. The molecule has 126 valence electrons. The Morgan fingerprint density at radius 3 is 2.36 bits per heavy atom. The van der Waals surface area contributed by atoms with Gasteiger partial charge in [0.05, 0.1) is 24.1 Å². The first-order valence-electron chi connectivity index (χ1n) is 7.35. The lowest BCUT2D eigenvalue weighted by molar-refractivity contribution is 0.0699. The summed E-state index contributed by atoms with van der Waals surface area (Å²) < 4.78 is 4.58. The first-order chi connectivity index (χ1) is 12.0. The minimum absolute atomic E-state index is 0.0469. The number of para-hydroxylation sites is 1. The molecule has 0 aliphatic carbocycles. The van der Waals surface area contributed by atoms with Gasteiger partial charge in [-0.1, -0.05) is 36.4 Å². The number of H-pyrrole nitrogens is 1. The number of ether oxygens (including phenoxy) is 1. The number of rotatable bonds is 3. The van der Waals surface area contributed by atoms with Crippen LogP contribution >= 0.6 is 0 Å². The minimum atomic E-state index is -1.18. The first kappa shape index (κ1) is 16.3. The normalized spacial score (nSPS) is 10.4. The Kier molecular flexibility index (Phi) is 4.21. The van der Waals surface area contributed by atoms with Crippen molar-refractivity contribution < 1.29 is 19.4 Å². The van der Waals surface area contributed by atoms with Crippen LogP contribution in [-0.4, -0.2) is 29.3 Å². The van der Waals surface area contributed by atoms with E-state index in [4.69, 9.17) is 0 Å². The Morgan fingerprint density at radius 1 is 1.04 bits per heavy atom. The van der Waals surface area contributed by atoms with Crippen LogP contribution in [-0.2, 0) is 4.74 Å². The van der Waals surface area contributed by atoms with E-state index in [2.05, 4.69) is 15.0 Å². The lowest BCUT2D eigenvalue weighted by Gasteiger charge is -2.14. The summed E-state index contributed by atoms with van der Waals surface area (Å²) in [4.78, 5) is 38.4. The molecule has 3 rings (SSSR count). The maximum atomic E-state index is 12.4. The monoisotopic (exact) mass is 338 g/mol. The van der Waals surface area contributed by atoms with Gasteiger partial charge in [-0.2, -0.15) is 0 Å². The third kappa shape index (κ3) is 2.94. The maximum absolute atomic E-state index is 12.4. The van der Waals surface area contributed by atoms with E-state index in [0.717, 1.165) is 0 Å². The van der Waals surface area contributed by atoms with E-state index in [-0.39, 0.29) is 16.6 Å². The molecule has 7 nitrogen and oxygen atoms in total. The van der Waals surface area contributed by atoms with Crippen LogP contribution in [0.3, 0.4) is 0 Å². The summed E-state index contributed by atoms with van der Waals surface area (Å²) in [5, 5.41) is 12.8. The van der Waals surface area contributed by atoms with Gasteiger partial charge in [0.1, 0.15) is 0 Å². The number of benzene rings is 2. The highest BCUT2D eigenvalue weighted by Crippen LogP contribution is 2.31. The number of aromatic amines is 1. The summed E-state index contributed by atoms with van der Waals surface area (Å²) >= 11 is 0. The van der Waals surface area contributed by atoms with Gasteiger partial charge in [0.2, 0.25) is 0 Å². The number of anilines is 1. The quantitative estimate of drug-likeness (QED) is 0.680. The molecule has 0 saturated heterocycles. The van der Waals surface area contributed by atoms with E-state index in [1.807, 2.05) is 0 Å². The van der Waals surface area contributed by atoms with E-state index < -0.39 is 17.6 Å². The number of hydrogen-bond donors (Lipinski definition) is 3. The highest BCUT2D eigenvalue weighted by atomic mass is 16.5. The average Bonchev–Trinajstić information content (AvgIpc) is 2.61. The van der Waals surface area contributed by atoms with Gasteiger partial charge in [-0.05, 0) is 12.1 Å². The van der Waals surface area contributed by atoms with E-state index in [1.54, 1.807) is 48.5 Å². The van der Waals surface area contributed by atoms with Gasteiger partial charge in [0.25, 0.3) is 5.56 Å². The predicted molar refractivity (Wildman–Crippen MR) is 93.0 cm³/mol. The van der Waals surface area contributed by atoms with Crippen molar-refractivity contribution in [3.63, 3.8) is 0 Å². The number of fused-ring (bicyclic) bond motifs is 1. The highest BCUT2D eigenvalue weighted by Gasteiger charge is 2.20. The van der Waals surface area contributed by atoms with Crippen LogP contribution in [0.15, 0.2) is 53.3 Å². The van der Waals surface area contributed by atoms with E-state index in [0.29, 0.717) is 16.6 Å². The Balaban J connectivity index is 2.34. The van der Waals surface area contributed by atoms with Crippen LogP contribution in [0.1, 0.15) is 10.4 Å². The number of hydrogen-bond acceptors (Lipinski definition) is 4. The summed E-state index contributed by atoms with van der Waals surface area (Å²) in [6.07, 6.45) is -0.701. The molecule has 0 atom stereocenters. The molecule has 2 aromatic carbocycles. The van der Waals surface area contributed by atoms with Gasteiger partial charge in [0, 0.05) is 16.3 Å². The second-order valence-electron chi connectivity index (χ2n) is 5.22. The van der Waals surface area contributed by atoms with E-state index in [9.17, 15) is 19.5 Å². The Labute approximate surface area is 141 Å². The average molecular weight is 338 g/mol. The van der Waals surface area contributed by atoms with Crippen LogP contribution in [0.5, 0.6) is 0 Å². The number of pyridine rings is 1. The molecule has 3 N–H and O–H groups in total. The van der Waals surface area contributed by atoms with Crippen molar-refractivity contribution in [3.05, 3.63) is 64.4 Å². The van der Waals surface area contributed by atoms with Crippen molar-refractivity contribution in [1.29, 1.82) is 0 Å². The molecule has 1 aromatic heterocycles. The predicted octanol–water partition coefficient (Wildman–Crippen LogP) is 3.07. The molecular formula is C18H14N2O5. The number of nitrogens with one attached hydrogen (secondary N) is 2. The lowest BCUT2D eigenvalue weighted by atomic mass is 9.98. The van der Waals surface area contributed by atoms with Gasteiger partial charge >= 0.3 is 12.1 Å². The van der Waals surface area contributed by atoms with Gasteiger partial charge in [-0.3, -0.25) is 10.1 Å². The number of aromatic nitrogens is 1. The van der Waals surface area contributed by atoms with E-state index in [1.165, 1.54) is 7.11 Å². The standard InChI is InChI=1S/C18H14N2O5/c1-25-18(24)19-13-9-5-4-8-12(13)15-14(17(22)23)10-6-2-3-7-11(10)16(21)20-15/h2-9H,1H3,(H,19,24)(H,20,21)(H,22,23). The molecule has 7 heteroatoms. The zero-order valence-electron chi connectivity index (χ0n) is 13.2. The number of carboxylic acid groups (broad SMARTS) is 1. The van der Waals surface area contributed by atoms with Crippen molar-refractivity contribution in [2.24, 2.45) is 0 Å². The smallest absolute Gasteiger partial charge is 0.411 e. The topological polar surface area (TPSA) is 108 Å². The molecule has 3 aromatic rings. The fourth-order valence-corrected chi connectivity index (χ4v) is 2.67. The Bertz CT molecular complexity index is 1040. The van der Waals surface area contributed by atoms with Crippen LogP contribution in [0.2, 0.25) is 0 Å². The Hall–Kier alpha value is -3.61. The fourth-order valence-electron chi connectivity index (χ4n) is 2.67. The van der Waals surface area contributed by atoms with Gasteiger partial charge < -0.3 is 14.8 Å².